The van der Waals surface area contributed by atoms with Crippen molar-refractivity contribution < 1.29 is 33.9 Å². The van der Waals surface area contributed by atoms with E-state index in [1.165, 1.54) is 0 Å². The lowest BCUT2D eigenvalue weighted by Gasteiger charge is -2.27. The van der Waals surface area contributed by atoms with Crippen molar-refractivity contribution in [1.29, 1.82) is 0 Å². The molecule has 6 aromatic carbocycles. The first-order valence-corrected chi connectivity index (χ1v) is 28.2. The summed E-state index contributed by atoms with van der Waals surface area (Å²) in [6.07, 6.45) is 10.5. The first kappa shape index (κ1) is 54.9. The first-order chi connectivity index (χ1) is 41.4. The van der Waals surface area contributed by atoms with Crippen LogP contribution in [0.25, 0.3) is 65.4 Å². The van der Waals surface area contributed by atoms with Gasteiger partial charge in [0.2, 0.25) is 29.5 Å². The average Bonchev–Trinajstić information content (AvgIpc) is 4.63. The third-order valence-corrected chi connectivity index (χ3v) is 16.1. The molecule has 6 heterocycles. The number of carboxylic acid groups (broad SMARTS) is 1. The van der Waals surface area contributed by atoms with E-state index in [-0.39, 0.29) is 38.5 Å². The van der Waals surface area contributed by atoms with Gasteiger partial charge in [-0.15, -0.1) is 0 Å². The Morgan fingerprint density at radius 2 is 0.506 bits per heavy atom. The summed E-state index contributed by atoms with van der Waals surface area (Å²) in [5.74, 6) is -4.82. The molecule has 19 heteroatoms. The number of rotatable bonds is 23. The zero-order valence-electron chi connectivity index (χ0n) is 46.0. The molecule has 428 valence electrons. The minimum absolute atomic E-state index is 0.0127. The molecule has 0 saturated heterocycles. The Morgan fingerprint density at radius 1 is 0.306 bits per heavy atom. The van der Waals surface area contributed by atoms with Crippen LogP contribution in [-0.4, -0.2) is 107 Å². The molecule has 0 aliphatic rings. The average molecular weight is 1140 g/mol. The second-order valence-corrected chi connectivity index (χ2v) is 21.6. The van der Waals surface area contributed by atoms with Crippen molar-refractivity contribution in [2.75, 3.05) is 0 Å². The van der Waals surface area contributed by atoms with E-state index in [0.717, 1.165) is 76.5 Å². The van der Waals surface area contributed by atoms with E-state index in [1.54, 1.807) is 31.0 Å². The van der Waals surface area contributed by atoms with Gasteiger partial charge in [-0.3, -0.25) is 24.0 Å². The lowest BCUT2D eigenvalue weighted by atomic mass is 9.99. The summed E-state index contributed by atoms with van der Waals surface area (Å²) in [6, 6.07) is 37.4. The van der Waals surface area contributed by atoms with Crippen LogP contribution in [0.4, 0.5) is 0 Å². The standard InChI is InChI=1S/C66H62N12O7/c67-49(25-37-31-68-50-19-7-1-13-43(37)50)61(79)74-56(26-38-32-69-51-20-8-2-14-44(38)51)62(80)75-57(27-39-33-70-52-21-9-3-15-45(39)52)63(81)76-58(28-40-34-71-53-22-10-4-16-46(40)53)64(82)77-59(29-41-35-72-54-23-11-5-17-47(41)54)65(83)78-60(66(84)85)30-42-36-73-55-24-12-6-18-48(42)55/h1-24,31-36,49,56-60,68-73H,25-30,67H2,(H,74,79)(H,75,80)(H,76,81)(H,77,82)(H,78,83)(H,84,85)/t49-,56+,57-,58+,59-,60-/m1/s1. The molecule has 0 unspecified atom stereocenters. The zero-order chi connectivity index (χ0) is 58.6. The Balaban J connectivity index is 0.866. The minimum atomic E-state index is -1.40. The van der Waals surface area contributed by atoms with Crippen molar-refractivity contribution in [3.8, 4) is 0 Å². The molecule has 12 rings (SSSR count). The SMILES string of the molecule is N[C@H](Cc1c[nH]c2ccccc12)C(=O)N[C@@H](Cc1c[nH]c2ccccc12)C(=O)N[C@H](Cc1c[nH]c2ccccc12)C(=O)N[C@@H](Cc1c[nH]c2ccccc12)C(=O)N[C@H](Cc1c[nH]c2ccccc12)C(=O)N[C@H](Cc1c[nH]c2ccccc12)C(=O)O. The fourth-order valence-electron chi connectivity index (χ4n) is 11.6. The molecule has 0 fully saturated rings. The van der Waals surface area contributed by atoms with Gasteiger partial charge in [0.25, 0.3) is 0 Å². The molecule has 19 nitrogen and oxygen atoms in total. The van der Waals surface area contributed by atoms with Gasteiger partial charge in [-0.1, -0.05) is 109 Å². The number of nitrogens with one attached hydrogen (secondary N) is 11. The van der Waals surface area contributed by atoms with Gasteiger partial charge < -0.3 is 67.3 Å². The van der Waals surface area contributed by atoms with Gasteiger partial charge in [-0.2, -0.15) is 0 Å². The van der Waals surface area contributed by atoms with Crippen LogP contribution in [0, 0.1) is 0 Å². The highest BCUT2D eigenvalue weighted by Crippen LogP contribution is 2.26. The highest BCUT2D eigenvalue weighted by molar-refractivity contribution is 5.99. The number of hydrogen-bond acceptors (Lipinski definition) is 7. The predicted octanol–water partition coefficient (Wildman–Crippen LogP) is 7.17. The van der Waals surface area contributed by atoms with Crippen molar-refractivity contribution in [3.05, 3.63) is 216 Å². The number of para-hydroxylation sites is 6. The van der Waals surface area contributed by atoms with Crippen LogP contribution in [0.3, 0.4) is 0 Å². The molecule has 85 heavy (non-hydrogen) atoms. The Bertz CT molecular complexity index is 4450. The Hall–Kier alpha value is -10.7. The molecule has 0 bridgehead atoms. The first-order valence-electron chi connectivity index (χ1n) is 28.2. The summed E-state index contributed by atoms with van der Waals surface area (Å²) >= 11 is 0. The van der Waals surface area contributed by atoms with Crippen molar-refractivity contribution >= 4 is 101 Å². The number of aromatic nitrogens is 6. The summed E-state index contributed by atoms with van der Waals surface area (Å²) < 4.78 is 0. The van der Waals surface area contributed by atoms with E-state index in [1.807, 2.05) is 152 Å². The number of carbonyl (C=O) groups excluding carboxylic acids is 5. The number of H-pyrrole nitrogens is 6. The summed E-state index contributed by atoms with van der Waals surface area (Å²) in [7, 11) is 0. The van der Waals surface area contributed by atoms with Crippen molar-refractivity contribution in [2.24, 2.45) is 5.73 Å². The third kappa shape index (κ3) is 11.9. The molecular weight excluding hydrogens is 1070 g/mol. The number of carbonyl (C=O) groups is 6. The van der Waals surface area contributed by atoms with Crippen molar-refractivity contribution in [1.82, 2.24) is 56.5 Å². The molecule has 0 saturated carbocycles. The topological polar surface area (TPSA) is 304 Å². The molecule has 6 aromatic heterocycles. The Morgan fingerprint density at radius 3 is 0.753 bits per heavy atom. The predicted molar refractivity (Wildman–Crippen MR) is 327 cm³/mol. The lowest BCUT2D eigenvalue weighted by Crippen LogP contribution is -2.60. The van der Waals surface area contributed by atoms with Gasteiger partial charge in [0.1, 0.15) is 30.2 Å². The lowest BCUT2D eigenvalue weighted by molar-refractivity contribution is -0.142. The maximum absolute atomic E-state index is 15.5. The van der Waals surface area contributed by atoms with Crippen molar-refractivity contribution in [3.63, 3.8) is 0 Å². The van der Waals surface area contributed by atoms with Crippen LogP contribution >= 0.6 is 0 Å². The van der Waals surface area contributed by atoms with Crippen LogP contribution in [0.5, 0.6) is 0 Å². The van der Waals surface area contributed by atoms with Gasteiger partial charge in [-0.25, -0.2) is 4.79 Å². The molecule has 6 atom stereocenters. The van der Waals surface area contributed by atoms with Gasteiger partial charge >= 0.3 is 5.97 Å². The Kier molecular flexibility index (Phi) is 15.5. The molecule has 14 N–H and O–H groups in total. The minimum Gasteiger partial charge on any atom is -0.480 e. The quantitative estimate of drug-likeness (QED) is 0.0311. The van der Waals surface area contributed by atoms with E-state index in [0.29, 0.717) is 22.3 Å². The zero-order valence-corrected chi connectivity index (χ0v) is 46.0. The molecule has 0 aliphatic heterocycles. The normalized spacial score (nSPS) is 13.8. The summed E-state index contributed by atoms with van der Waals surface area (Å²) in [5, 5.41) is 30.1. The molecule has 0 aliphatic carbocycles. The summed E-state index contributed by atoms with van der Waals surface area (Å²) in [6.45, 7) is 0. The monoisotopic (exact) mass is 1130 g/mol. The highest BCUT2D eigenvalue weighted by atomic mass is 16.4. The van der Waals surface area contributed by atoms with E-state index in [2.05, 4.69) is 56.5 Å². The van der Waals surface area contributed by atoms with Crippen LogP contribution < -0.4 is 32.3 Å². The number of amides is 5. The van der Waals surface area contributed by atoms with E-state index in [9.17, 15) is 19.5 Å². The number of aliphatic carboxylic acids is 1. The van der Waals surface area contributed by atoms with Crippen LogP contribution in [0.1, 0.15) is 33.4 Å². The van der Waals surface area contributed by atoms with Crippen LogP contribution in [0.15, 0.2) is 183 Å². The number of aromatic amines is 6. The van der Waals surface area contributed by atoms with Gasteiger partial charge in [0.15, 0.2) is 0 Å². The maximum Gasteiger partial charge on any atom is 0.326 e. The molecular formula is C66H62N12O7. The van der Waals surface area contributed by atoms with Gasteiger partial charge in [-0.05, 0) is 76.2 Å². The number of nitrogens with two attached hydrogens (primary N) is 1. The number of carboxylic acids is 1. The molecule has 12 aromatic rings. The molecule has 5 amide bonds. The smallest absolute Gasteiger partial charge is 0.326 e. The van der Waals surface area contributed by atoms with Crippen LogP contribution in [0.2, 0.25) is 0 Å². The van der Waals surface area contributed by atoms with Crippen molar-refractivity contribution in [2.45, 2.75) is 74.8 Å². The second kappa shape index (κ2) is 24.0. The van der Waals surface area contributed by atoms with Gasteiger partial charge in [0.05, 0.1) is 6.04 Å². The van der Waals surface area contributed by atoms with E-state index >= 15 is 14.4 Å². The van der Waals surface area contributed by atoms with Gasteiger partial charge in [0, 0.05) is 135 Å². The van der Waals surface area contributed by atoms with E-state index < -0.39 is 71.8 Å². The second-order valence-electron chi connectivity index (χ2n) is 21.6. The number of benzene rings is 6. The van der Waals surface area contributed by atoms with Crippen LogP contribution in [-0.2, 0) is 67.3 Å². The largest absolute Gasteiger partial charge is 0.480 e. The highest BCUT2D eigenvalue weighted by Gasteiger charge is 2.35. The van der Waals surface area contributed by atoms with E-state index in [4.69, 9.17) is 5.73 Å². The third-order valence-electron chi connectivity index (χ3n) is 16.1. The molecule has 0 spiro atoms. The molecule has 0 radical (unpaired) electrons. The summed E-state index contributed by atoms with van der Waals surface area (Å²) in [4.78, 5) is 108. The fourth-order valence-corrected chi connectivity index (χ4v) is 11.6. The Labute approximate surface area is 485 Å². The number of fused-ring (bicyclic) bond motifs is 6. The summed E-state index contributed by atoms with van der Waals surface area (Å²) in [5.41, 5.74) is 15.8. The fraction of sp³-hybridized carbons (Fsp3) is 0.182. The maximum atomic E-state index is 15.5. The number of hydrogen-bond donors (Lipinski definition) is 13.